The Morgan fingerprint density at radius 3 is 0.944 bits per heavy atom. The van der Waals surface area contributed by atoms with Crippen LogP contribution in [0.3, 0.4) is 0 Å². The summed E-state index contributed by atoms with van der Waals surface area (Å²) in [5.74, 6) is 0. The van der Waals surface area contributed by atoms with Gasteiger partial charge in [-0.05, 0) is 220 Å². The van der Waals surface area contributed by atoms with Gasteiger partial charge in [-0.2, -0.15) is 0 Å². The van der Waals surface area contributed by atoms with E-state index in [1.807, 2.05) is 0 Å². The molecule has 0 fully saturated rings. The van der Waals surface area contributed by atoms with Crippen LogP contribution in [0.2, 0.25) is 0 Å². The lowest BCUT2D eigenvalue weighted by atomic mass is 9.91. The normalized spacial score (nSPS) is 23.2. The number of allylic oxidation sites excluding steroid dienone is 22. The minimum absolute atomic E-state index is 1.03. The van der Waals surface area contributed by atoms with Crippen molar-refractivity contribution >= 4 is 0 Å². The third kappa shape index (κ3) is 3.26. The molecule has 5 aliphatic carbocycles. The Bertz CT molecular complexity index is 1410. The van der Waals surface area contributed by atoms with E-state index in [0.29, 0.717) is 0 Å². The molecule has 0 saturated heterocycles. The SMILES string of the molecule is CC1=C(C)C2=C(C)C3=C(C)C(C)=C(C3)C(C)=C3C=C(C(C)=C3C)C(C)=C3CC(=C(C)C1=C2)C(C)=C3C. The monoisotopic (exact) mass is 474 g/mol. The summed E-state index contributed by atoms with van der Waals surface area (Å²) in [4.78, 5) is 0. The van der Waals surface area contributed by atoms with E-state index in [9.17, 15) is 0 Å². The van der Waals surface area contributed by atoms with Gasteiger partial charge in [-0.3, -0.25) is 0 Å². The molecule has 0 aromatic heterocycles. The first-order chi connectivity index (χ1) is 16.9. The van der Waals surface area contributed by atoms with Crippen molar-refractivity contribution in [1.82, 2.24) is 0 Å². The predicted molar refractivity (Wildman–Crippen MR) is 157 cm³/mol. The van der Waals surface area contributed by atoms with Gasteiger partial charge in [-0.15, -0.1) is 0 Å². The minimum Gasteiger partial charge on any atom is -0.0466 e. The van der Waals surface area contributed by atoms with Crippen molar-refractivity contribution in [2.45, 2.75) is 95.9 Å². The fourth-order valence-corrected chi connectivity index (χ4v) is 7.18. The van der Waals surface area contributed by atoms with Gasteiger partial charge >= 0.3 is 0 Å². The molecule has 5 aliphatic rings. The van der Waals surface area contributed by atoms with Crippen molar-refractivity contribution in [2.24, 2.45) is 0 Å². The molecular weight excluding hydrogens is 432 g/mol. The summed E-state index contributed by atoms with van der Waals surface area (Å²) in [6.07, 6.45) is 7.05. The van der Waals surface area contributed by atoms with Crippen molar-refractivity contribution in [3.63, 3.8) is 0 Å². The zero-order valence-corrected chi connectivity index (χ0v) is 24.6. The van der Waals surface area contributed by atoms with Crippen molar-refractivity contribution in [3.8, 4) is 0 Å². The molecule has 0 nitrogen and oxygen atoms in total. The highest BCUT2D eigenvalue weighted by Gasteiger charge is 2.31. The highest BCUT2D eigenvalue weighted by Crippen LogP contribution is 2.49. The first-order valence-electron chi connectivity index (χ1n) is 13.6. The number of hydrogen-bond donors (Lipinski definition) is 0. The van der Waals surface area contributed by atoms with Gasteiger partial charge < -0.3 is 0 Å². The quantitative estimate of drug-likeness (QED) is 0.327. The van der Waals surface area contributed by atoms with E-state index in [-0.39, 0.29) is 0 Å². The summed E-state index contributed by atoms with van der Waals surface area (Å²) >= 11 is 0. The molecule has 0 N–H and O–H groups in total. The Balaban J connectivity index is 1.88. The number of hydrogen-bond acceptors (Lipinski definition) is 0. The van der Waals surface area contributed by atoms with Crippen LogP contribution in [0.1, 0.15) is 95.9 Å². The van der Waals surface area contributed by atoms with Crippen LogP contribution < -0.4 is 0 Å². The topological polar surface area (TPSA) is 0 Å². The van der Waals surface area contributed by atoms with E-state index in [1.165, 1.54) is 111 Å². The maximum Gasteiger partial charge on any atom is -0.00146 e. The van der Waals surface area contributed by atoms with Crippen LogP contribution in [0.4, 0.5) is 0 Å². The smallest absolute Gasteiger partial charge is 0.00146 e. The Morgan fingerprint density at radius 1 is 0.306 bits per heavy atom. The molecule has 186 valence electrons. The fraction of sp³-hybridized carbons (Fsp3) is 0.389. The molecule has 5 rings (SSSR count). The Morgan fingerprint density at radius 2 is 0.611 bits per heavy atom. The molecule has 8 bridgehead atoms. The Kier molecular flexibility index (Phi) is 5.75. The molecule has 0 spiro atoms. The van der Waals surface area contributed by atoms with E-state index < -0.39 is 0 Å². The van der Waals surface area contributed by atoms with Crippen molar-refractivity contribution in [2.75, 3.05) is 0 Å². The summed E-state index contributed by atoms with van der Waals surface area (Å²) in [6, 6.07) is 0. The summed E-state index contributed by atoms with van der Waals surface area (Å²) in [6.45, 7) is 28.0. The van der Waals surface area contributed by atoms with Gasteiger partial charge in [0.2, 0.25) is 0 Å². The van der Waals surface area contributed by atoms with E-state index in [1.54, 1.807) is 0 Å². The summed E-state index contributed by atoms with van der Waals surface area (Å²) in [7, 11) is 0. The zero-order chi connectivity index (χ0) is 26.4. The Hall–Kier alpha value is -2.86. The van der Waals surface area contributed by atoms with Gasteiger partial charge in [0.1, 0.15) is 0 Å². The number of fused-ring (bicyclic) bond motifs is 6. The molecule has 0 unspecified atom stereocenters. The van der Waals surface area contributed by atoms with Crippen LogP contribution in [-0.4, -0.2) is 0 Å². The highest BCUT2D eigenvalue weighted by molar-refractivity contribution is 5.74. The lowest BCUT2D eigenvalue weighted by Crippen LogP contribution is -1.95. The summed E-state index contributed by atoms with van der Waals surface area (Å²) in [5, 5.41) is 0. The summed E-state index contributed by atoms with van der Waals surface area (Å²) in [5.41, 5.74) is 29.2. The second-order valence-electron chi connectivity index (χ2n) is 11.7. The molecule has 0 aromatic rings. The molecule has 0 aromatic carbocycles. The molecule has 0 heterocycles. The van der Waals surface area contributed by atoms with Crippen LogP contribution in [0.15, 0.2) is 124 Å². The van der Waals surface area contributed by atoms with E-state index >= 15 is 0 Å². The fourth-order valence-electron chi connectivity index (χ4n) is 7.18. The first-order valence-corrected chi connectivity index (χ1v) is 13.6. The molecule has 0 atom stereocenters. The van der Waals surface area contributed by atoms with Crippen LogP contribution in [-0.2, 0) is 0 Å². The third-order valence-corrected chi connectivity index (χ3v) is 10.4. The number of rotatable bonds is 0. The van der Waals surface area contributed by atoms with Crippen LogP contribution in [0, 0.1) is 0 Å². The average Bonchev–Trinajstić information content (AvgIpc) is 3.52. The van der Waals surface area contributed by atoms with Crippen LogP contribution in [0.25, 0.3) is 0 Å². The van der Waals surface area contributed by atoms with Gasteiger partial charge in [0.05, 0.1) is 0 Å². The second kappa shape index (κ2) is 8.34. The first kappa shape index (κ1) is 24.8. The second-order valence-corrected chi connectivity index (χ2v) is 11.7. The molecule has 0 radical (unpaired) electrons. The minimum atomic E-state index is 1.03. The highest BCUT2D eigenvalue weighted by atomic mass is 14.3. The van der Waals surface area contributed by atoms with Crippen LogP contribution in [0.5, 0.6) is 0 Å². The van der Waals surface area contributed by atoms with Gasteiger partial charge in [-0.1, -0.05) is 0 Å². The van der Waals surface area contributed by atoms with E-state index in [4.69, 9.17) is 0 Å². The molecule has 0 aliphatic heterocycles. The lowest BCUT2D eigenvalue weighted by molar-refractivity contribution is 1.11. The van der Waals surface area contributed by atoms with Crippen molar-refractivity contribution in [3.05, 3.63) is 124 Å². The molecule has 36 heavy (non-hydrogen) atoms. The van der Waals surface area contributed by atoms with Crippen molar-refractivity contribution in [1.29, 1.82) is 0 Å². The van der Waals surface area contributed by atoms with Gasteiger partial charge in [0, 0.05) is 0 Å². The lowest BCUT2D eigenvalue weighted by Gasteiger charge is -2.13. The Labute approximate surface area is 219 Å². The molecule has 0 amide bonds. The van der Waals surface area contributed by atoms with Crippen molar-refractivity contribution < 1.29 is 0 Å². The maximum absolute atomic E-state index is 2.49. The predicted octanol–water partition coefficient (Wildman–Crippen LogP) is 10.6. The molecular formula is C36H42. The molecule has 0 heteroatoms. The largest absolute Gasteiger partial charge is 0.0466 e. The van der Waals surface area contributed by atoms with Gasteiger partial charge in [-0.25, -0.2) is 0 Å². The maximum atomic E-state index is 2.49. The van der Waals surface area contributed by atoms with Gasteiger partial charge in [0.25, 0.3) is 0 Å². The standard InChI is InChI=1S/C36H42/c1-17-18(2)30-13-29(17)25(9)31-14-33(20(4)19(31)3)27(11)35-16-36(24(8)23(35)7)28(12)34-15-32(26(30)10)21(5)22(34)6/h13,16H,14-15H2,1-12H3. The van der Waals surface area contributed by atoms with E-state index in [2.05, 4.69) is 95.2 Å². The molecule has 0 saturated carbocycles. The van der Waals surface area contributed by atoms with Gasteiger partial charge in [0.15, 0.2) is 0 Å². The van der Waals surface area contributed by atoms with E-state index in [0.717, 1.165) is 12.8 Å². The third-order valence-electron chi connectivity index (χ3n) is 10.4. The zero-order valence-electron chi connectivity index (χ0n) is 24.6. The average molecular weight is 475 g/mol. The van der Waals surface area contributed by atoms with Crippen LogP contribution >= 0.6 is 0 Å². The summed E-state index contributed by atoms with van der Waals surface area (Å²) < 4.78 is 0.